The van der Waals surface area contributed by atoms with Crippen molar-refractivity contribution in [2.45, 2.75) is 294 Å². The normalized spacial score (nSPS) is 20.1. The van der Waals surface area contributed by atoms with Crippen LogP contribution in [-0.2, 0) is 23.8 Å². The lowest BCUT2D eigenvalue weighted by atomic mass is 9.99. The third-order valence-electron chi connectivity index (χ3n) is 13.2. The van der Waals surface area contributed by atoms with Crippen molar-refractivity contribution in [3.8, 4) is 0 Å². The van der Waals surface area contributed by atoms with Crippen LogP contribution in [0.5, 0.6) is 0 Å². The van der Waals surface area contributed by atoms with Gasteiger partial charge in [-0.3, -0.25) is 9.59 Å². The van der Waals surface area contributed by atoms with E-state index in [9.17, 15) is 35.1 Å². The van der Waals surface area contributed by atoms with Gasteiger partial charge in [-0.25, -0.2) is 0 Å². The molecule has 402 valence electrons. The zero-order valence-corrected chi connectivity index (χ0v) is 44.2. The van der Waals surface area contributed by atoms with Gasteiger partial charge in [0, 0.05) is 6.42 Å². The molecule has 1 heterocycles. The summed E-state index contributed by atoms with van der Waals surface area (Å²) < 4.78 is 17.5. The van der Waals surface area contributed by atoms with Crippen LogP contribution in [0.2, 0.25) is 0 Å². The van der Waals surface area contributed by atoms with Gasteiger partial charge in [0.05, 0.1) is 25.4 Å². The number of ether oxygens (including phenoxy) is 3. The van der Waals surface area contributed by atoms with Crippen molar-refractivity contribution in [1.29, 1.82) is 0 Å². The molecule has 0 saturated carbocycles. The van der Waals surface area contributed by atoms with Crippen molar-refractivity contribution in [1.82, 2.24) is 5.32 Å². The first-order chi connectivity index (χ1) is 33.7. The lowest BCUT2D eigenvalue weighted by molar-refractivity contribution is -0.305. The minimum absolute atomic E-state index is 0.123. The monoisotopic (exact) mass is 976 g/mol. The SMILES string of the molecule is CCCCC/C=C\C/C=C\C/C=C\CCCCCC(O)C(=O)NC(COC1OC(CO)C(O)C(O)C1OC(=O)CCCCCCCCCCCCC)C(O)/C=C/CCCCCCCCCCCCC. The van der Waals surface area contributed by atoms with E-state index in [0.29, 0.717) is 12.8 Å². The van der Waals surface area contributed by atoms with E-state index in [1.54, 1.807) is 6.08 Å². The summed E-state index contributed by atoms with van der Waals surface area (Å²) in [5, 5.41) is 56.7. The van der Waals surface area contributed by atoms with Crippen molar-refractivity contribution in [2.75, 3.05) is 13.2 Å². The Morgan fingerprint density at radius 3 is 1.52 bits per heavy atom. The fourth-order valence-corrected chi connectivity index (χ4v) is 8.66. The van der Waals surface area contributed by atoms with Crippen LogP contribution in [-0.4, -0.2) is 99.6 Å². The van der Waals surface area contributed by atoms with Gasteiger partial charge in [-0.2, -0.15) is 0 Å². The topological polar surface area (TPSA) is 175 Å². The molecule has 0 aromatic carbocycles. The minimum Gasteiger partial charge on any atom is -0.454 e. The Labute approximate surface area is 421 Å². The third kappa shape index (κ3) is 35.4. The number of allylic oxidation sites excluding steroid dienone is 7. The zero-order chi connectivity index (χ0) is 50.4. The standard InChI is InChI=1S/C58H105NO10/c1-4-7-10-13-16-19-22-24-25-26-28-31-33-36-39-42-45-51(62)57(66)59-49(50(61)44-41-38-35-32-30-27-23-20-17-14-11-8-5-2)48-67-58-56(55(65)54(64)52(47-60)68-58)69-53(63)46-43-40-37-34-29-21-18-15-12-9-6-3/h16,19,24-25,28,31,41,44,49-52,54-56,58,60-62,64-65H,4-15,17-18,20-23,26-27,29-30,32-40,42-43,45-48H2,1-3H3,(H,59,66)/b19-16-,25-24-,31-28-,44-41+. The molecule has 0 bridgehead atoms. The van der Waals surface area contributed by atoms with Gasteiger partial charge in [0.2, 0.25) is 5.91 Å². The number of amides is 1. The van der Waals surface area contributed by atoms with Crippen molar-refractivity contribution >= 4 is 11.9 Å². The number of nitrogens with one attached hydrogen (secondary N) is 1. The van der Waals surface area contributed by atoms with Gasteiger partial charge >= 0.3 is 5.97 Å². The molecule has 1 rings (SSSR count). The van der Waals surface area contributed by atoms with Gasteiger partial charge in [-0.05, 0) is 64.2 Å². The number of unbranched alkanes of at least 4 members (excludes halogenated alkanes) is 27. The second kappa shape index (κ2) is 46.7. The Kier molecular flexibility index (Phi) is 43.7. The van der Waals surface area contributed by atoms with Crippen molar-refractivity contribution in [2.24, 2.45) is 0 Å². The van der Waals surface area contributed by atoms with Crippen LogP contribution in [0.3, 0.4) is 0 Å². The van der Waals surface area contributed by atoms with Crippen molar-refractivity contribution in [3.63, 3.8) is 0 Å². The maximum atomic E-state index is 13.4. The van der Waals surface area contributed by atoms with E-state index >= 15 is 0 Å². The highest BCUT2D eigenvalue weighted by Gasteiger charge is 2.47. The second-order valence-corrected chi connectivity index (χ2v) is 19.7. The quantitative estimate of drug-likeness (QED) is 0.0196. The number of esters is 1. The molecule has 69 heavy (non-hydrogen) atoms. The van der Waals surface area contributed by atoms with Crippen LogP contribution in [0.1, 0.15) is 245 Å². The van der Waals surface area contributed by atoms with Gasteiger partial charge in [0.25, 0.3) is 0 Å². The van der Waals surface area contributed by atoms with Gasteiger partial charge < -0.3 is 45.1 Å². The molecule has 0 aromatic heterocycles. The molecule has 1 fully saturated rings. The highest BCUT2D eigenvalue weighted by molar-refractivity contribution is 5.80. The number of rotatable bonds is 47. The second-order valence-electron chi connectivity index (χ2n) is 19.7. The fraction of sp³-hybridized carbons (Fsp3) is 0.828. The molecule has 1 amide bonds. The molecule has 1 aliphatic rings. The Morgan fingerprint density at radius 2 is 1.00 bits per heavy atom. The van der Waals surface area contributed by atoms with Crippen LogP contribution in [0.15, 0.2) is 48.6 Å². The third-order valence-corrected chi connectivity index (χ3v) is 13.2. The molecule has 8 unspecified atom stereocenters. The smallest absolute Gasteiger partial charge is 0.306 e. The van der Waals surface area contributed by atoms with Gasteiger partial charge in [0.15, 0.2) is 12.4 Å². The lowest BCUT2D eigenvalue weighted by Crippen LogP contribution is -2.61. The Bertz CT molecular complexity index is 1300. The summed E-state index contributed by atoms with van der Waals surface area (Å²) in [5.74, 6) is -1.22. The van der Waals surface area contributed by atoms with Crippen LogP contribution < -0.4 is 5.32 Å². The predicted molar refractivity (Wildman–Crippen MR) is 283 cm³/mol. The van der Waals surface area contributed by atoms with E-state index in [1.807, 2.05) is 6.08 Å². The van der Waals surface area contributed by atoms with E-state index in [1.165, 1.54) is 122 Å². The van der Waals surface area contributed by atoms with Crippen LogP contribution in [0, 0.1) is 0 Å². The number of carbonyl (C=O) groups is 2. The molecule has 0 aromatic rings. The van der Waals surface area contributed by atoms with E-state index in [0.717, 1.165) is 77.0 Å². The van der Waals surface area contributed by atoms with Gasteiger partial charge in [0.1, 0.15) is 24.4 Å². The summed E-state index contributed by atoms with van der Waals surface area (Å²) in [6.45, 7) is 5.72. The summed E-state index contributed by atoms with van der Waals surface area (Å²) in [4.78, 5) is 26.4. The number of carbonyl (C=O) groups excluding carboxylic acids is 2. The number of aliphatic hydroxyl groups is 5. The van der Waals surface area contributed by atoms with Gasteiger partial charge in [-0.1, -0.05) is 223 Å². The summed E-state index contributed by atoms with van der Waals surface area (Å²) in [6.07, 6.45) is 44.4. The molecule has 1 aliphatic heterocycles. The van der Waals surface area contributed by atoms with Crippen LogP contribution in [0.4, 0.5) is 0 Å². The maximum Gasteiger partial charge on any atom is 0.306 e. The van der Waals surface area contributed by atoms with E-state index < -0.39 is 67.4 Å². The average Bonchev–Trinajstić information content (AvgIpc) is 3.34. The molecule has 6 N–H and O–H groups in total. The molecular weight excluding hydrogens is 871 g/mol. The first-order valence-corrected chi connectivity index (χ1v) is 28.4. The average molecular weight is 976 g/mol. The Morgan fingerprint density at radius 1 is 0.565 bits per heavy atom. The molecule has 11 heteroatoms. The Balaban J connectivity index is 2.77. The summed E-state index contributed by atoms with van der Waals surface area (Å²) in [5.41, 5.74) is 0. The molecule has 0 radical (unpaired) electrons. The zero-order valence-electron chi connectivity index (χ0n) is 44.2. The first-order valence-electron chi connectivity index (χ1n) is 28.4. The highest BCUT2D eigenvalue weighted by atomic mass is 16.7. The summed E-state index contributed by atoms with van der Waals surface area (Å²) >= 11 is 0. The fourth-order valence-electron chi connectivity index (χ4n) is 8.66. The van der Waals surface area contributed by atoms with E-state index in [-0.39, 0.29) is 19.4 Å². The highest BCUT2D eigenvalue weighted by Crippen LogP contribution is 2.26. The molecule has 0 aliphatic carbocycles. The molecule has 1 saturated heterocycles. The Hall–Kier alpha value is -2.38. The lowest BCUT2D eigenvalue weighted by Gasteiger charge is -2.41. The summed E-state index contributed by atoms with van der Waals surface area (Å²) in [6, 6.07) is -1.03. The number of hydrogen-bond acceptors (Lipinski definition) is 10. The summed E-state index contributed by atoms with van der Waals surface area (Å²) in [7, 11) is 0. The number of hydrogen-bond donors (Lipinski definition) is 6. The van der Waals surface area contributed by atoms with Crippen LogP contribution >= 0.6 is 0 Å². The van der Waals surface area contributed by atoms with Gasteiger partial charge in [-0.15, -0.1) is 0 Å². The molecule has 11 nitrogen and oxygen atoms in total. The molecule has 0 spiro atoms. The minimum atomic E-state index is -1.61. The van der Waals surface area contributed by atoms with E-state index in [4.69, 9.17) is 14.2 Å². The van der Waals surface area contributed by atoms with Crippen molar-refractivity contribution in [3.05, 3.63) is 48.6 Å². The van der Waals surface area contributed by atoms with Crippen molar-refractivity contribution < 1.29 is 49.3 Å². The van der Waals surface area contributed by atoms with E-state index in [2.05, 4.69) is 62.5 Å². The first kappa shape index (κ1) is 64.6. The molecular formula is C58H105NO10. The predicted octanol–water partition coefficient (Wildman–Crippen LogP) is 12.5. The molecule has 8 atom stereocenters. The maximum absolute atomic E-state index is 13.4. The number of aliphatic hydroxyl groups excluding tert-OH is 5. The largest absolute Gasteiger partial charge is 0.454 e. The van der Waals surface area contributed by atoms with Crippen LogP contribution in [0.25, 0.3) is 0 Å².